The number of carbonyl (C=O) groups is 1. The van der Waals surface area contributed by atoms with Gasteiger partial charge in [0, 0.05) is 12.8 Å². The van der Waals surface area contributed by atoms with E-state index in [1.165, 1.54) is 10.4 Å². The van der Waals surface area contributed by atoms with Gasteiger partial charge < -0.3 is 23.4 Å². The summed E-state index contributed by atoms with van der Waals surface area (Å²) in [6.45, 7) is 12.0. The van der Waals surface area contributed by atoms with E-state index in [1.54, 1.807) is 0 Å². The van der Waals surface area contributed by atoms with Crippen LogP contribution in [0.15, 0.2) is 121 Å². The van der Waals surface area contributed by atoms with Crippen molar-refractivity contribution in [1.82, 2.24) is 0 Å². The maximum Gasteiger partial charge on any atom is 0.315 e. The second-order valence-corrected chi connectivity index (χ2v) is 19.1. The molecule has 7 heteroatoms. The highest BCUT2D eigenvalue weighted by molar-refractivity contribution is 6.99. The van der Waals surface area contributed by atoms with E-state index in [9.17, 15) is 4.79 Å². The van der Waals surface area contributed by atoms with Crippen LogP contribution in [0.4, 0.5) is 0 Å². The van der Waals surface area contributed by atoms with Crippen molar-refractivity contribution in [2.75, 3.05) is 6.61 Å². The Morgan fingerprint density at radius 1 is 0.735 bits per heavy atom. The molecule has 6 atom stereocenters. The van der Waals surface area contributed by atoms with Gasteiger partial charge in [-0.3, -0.25) is 4.79 Å². The Balaban J connectivity index is 1.23. The molecule has 0 bridgehead atoms. The minimum Gasteiger partial charge on any atom is -0.459 e. The van der Waals surface area contributed by atoms with Crippen molar-refractivity contribution in [3.8, 4) is 0 Å². The summed E-state index contributed by atoms with van der Waals surface area (Å²) in [7, 11) is -2.81. The molecule has 0 N–H and O–H groups in total. The lowest BCUT2D eigenvalue weighted by molar-refractivity contribution is -0.226. The Bertz CT molecular complexity index is 1590. The van der Waals surface area contributed by atoms with Crippen LogP contribution in [0.3, 0.4) is 0 Å². The fourth-order valence-electron chi connectivity index (χ4n) is 7.61. The molecule has 2 saturated heterocycles. The number of cyclic esters (lactones) is 1. The molecular weight excluding hydrogens is 629 g/mol. The molecular formula is C42H50O6Si. The predicted octanol–water partition coefficient (Wildman–Crippen LogP) is 7.23. The van der Waals surface area contributed by atoms with Crippen molar-refractivity contribution in [2.45, 2.75) is 96.2 Å². The third kappa shape index (κ3) is 7.61. The van der Waals surface area contributed by atoms with Crippen LogP contribution in [0, 0.1) is 5.41 Å². The first-order valence-corrected chi connectivity index (χ1v) is 19.4. The van der Waals surface area contributed by atoms with Gasteiger partial charge in [0.25, 0.3) is 8.32 Å². The zero-order chi connectivity index (χ0) is 34.5. The molecule has 4 aromatic carbocycles. The molecule has 0 unspecified atom stereocenters. The monoisotopic (exact) mass is 678 g/mol. The normalized spacial score (nSPS) is 26.0. The fraction of sp³-hybridized carbons (Fsp3) is 0.405. The van der Waals surface area contributed by atoms with Crippen LogP contribution in [-0.4, -0.2) is 51.4 Å². The van der Waals surface area contributed by atoms with Crippen molar-refractivity contribution in [1.29, 1.82) is 0 Å². The average molecular weight is 679 g/mol. The van der Waals surface area contributed by atoms with Crippen LogP contribution in [0.1, 0.15) is 58.6 Å². The summed E-state index contributed by atoms with van der Waals surface area (Å²) in [6.07, 6.45) is -0.631. The largest absolute Gasteiger partial charge is 0.459 e. The molecule has 0 amide bonds. The molecule has 0 aliphatic carbocycles. The van der Waals surface area contributed by atoms with Crippen LogP contribution >= 0.6 is 0 Å². The zero-order valence-corrected chi connectivity index (χ0v) is 30.4. The standard InChI is InChI=1S/C42H50O6Si/c1-31-37(44-28-32-18-10-6-11-19-32)26-38(45-29-33-20-12-7-13-21-33)39(47-31)42(5)27-34(48-40(42)43)30-46-49(41(2,3)4,35-22-14-8-15-23-35)36-24-16-9-17-25-36/h6-25,31,34,37-39H,26-30H2,1-5H3/t31-,34+,37-,38-,39-,42+/m1/s1. The van der Waals surface area contributed by atoms with Crippen LogP contribution in [0.25, 0.3) is 0 Å². The van der Waals surface area contributed by atoms with Crippen LogP contribution in [0.2, 0.25) is 5.04 Å². The molecule has 49 heavy (non-hydrogen) atoms. The lowest BCUT2D eigenvalue weighted by Crippen LogP contribution is -2.67. The minimum atomic E-state index is -2.81. The quantitative estimate of drug-likeness (QED) is 0.116. The number of hydrogen-bond acceptors (Lipinski definition) is 6. The van der Waals surface area contributed by atoms with E-state index in [0.29, 0.717) is 32.7 Å². The second kappa shape index (κ2) is 15.1. The van der Waals surface area contributed by atoms with Gasteiger partial charge in [-0.2, -0.15) is 0 Å². The summed E-state index contributed by atoms with van der Waals surface area (Å²) in [5.74, 6) is -0.266. The van der Waals surface area contributed by atoms with E-state index in [1.807, 2.05) is 62.4 Å². The third-order valence-electron chi connectivity index (χ3n) is 10.2. The molecule has 2 heterocycles. The van der Waals surface area contributed by atoms with Gasteiger partial charge in [0.1, 0.15) is 12.2 Å². The zero-order valence-electron chi connectivity index (χ0n) is 29.4. The first kappa shape index (κ1) is 35.2. The van der Waals surface area contributed by atoms with Crippen molar-refractivity contribution < 1.29 is 28.2 Å². The molecule has 0 aromatic heterocycles. The van der Waals surface area contributed by atoms with E-state index in [2.05, 4.69) is 93.6 Å². The highest BCUT2D eigenvalue weighted by atomic mass is 28.4. The molecule has 6 nitrogen and oxygen atoms in total. The van der Waals surface area contributed by atoms with E-state index in [-0.39, 0.29) is 29.3 Å². The van der Waals surface area contributed by atoms with Gasteiger partial charge in [-0.1, -0.05) is 142 Å². The summed E-state index contributed by atoms with van der Waals surface area (Å²) in [5.41, 5.74) is 1.26. The molecule has 4 aromatic rings. The lowest BCUT2D eigenvalue weighted by Gasteiger charge is -2.45. The molecule has 0 spiro atoms. The summed E-state index contributed by atoms with van der Waals surface area (Å²) >= 11 is 0. The lowest BCUT2D eigenvalue weighted by atomic mass is 9.76. The van der Waals surface area contributed by atoms with Gasteiger partial charge in [0.15, 0.2) is 0 Å². The van der Waals surface area contributed by atoms with Crippen LogP contribution < -0.4 is 10.4 Å². The SMILES string of the molecule is C[C@H]1O[C@@H]([C@]2(C)C[C@@H](CO[Si](c3ccccc3)(c3ccccc3)C(C)(C)C)OC2=O)[C@H](OCc2ccccc2)C[C@H]1OCc1ccccc1. The Morgan fingerprint density at radius 3 is 1.69 bits per heavy atom. The first-order valence-electron chi connectivity index (χ1n) is 17.5. The molecule has 6 rings (SSSR count). The van der Waals surface area contributed by atoms with E-state index < -0.39 is 25.9 Å². The number of rotatable bonds is 12. The number of hydrogen-bond donors (Lipinski definition) is 0. The number of benzene rings is 4. The van der Waals surface area contributed by atoms with Crippen LogP contribution in [-0.2, 0) is 41.4 Å². The van der Waals surface area contributed by atoms with Crippen LogP contribution in [0.5, 0.6) is 0 Å². The summed E-state index contributed by atoms with van der Waals surface area (Å²) in [6, 6.07) is 41.4. The van der Waals surface area contributed by atoms with Crippen molar-refractivity contribution in [2.24, 2.45) is 5.41 Å². The Labute approximate surface area is 292 Å². The van der Waals surface area contributed by atoms with E-state index in [4.69, 9.17) is 23.4 Å². The summed E-state index contributed by atoms with van der Waals surface area (Å²) in [4.78, 5) is 14.0. The number of esters is 1. The highest BCUT2D eigenvalue weighted by Crippen LogP contribution is 2.45. The van der Waals surface area contributed by atoms with Crippen molar-refractivity contribution in [3.63, 3.8) is 0 Å². The van der Waals surface area contributed by atoms with Crippen molar-refractivity contribution in [3.05, 3.63) is 132 Å². The fourth-order valence-corrected chi connectivity index (χ4v) is 12.2. The smallest absolute Gasteiger partial charge is 0.315 e. The number of carbonyl (C=O) groups excluding carboxylic acids is 1. The molecule has 2 aliphatic rings. The molecule has 2 fully saturated rings. The Morgan fingerprint density at radius 2 is 1.20 bits per heavy atom. The number of ether oxygens (including phenoxy) is 4. The molecule has 0 radical (unpaired) electrons. The maximum absolute atomic E-state index is 14.0. The Kier molecular flexibility index (Phi) is 10.9. The first-order chi connectivity index (χ1) is 23.6. The predicted molar refractivity (Wildman–Crippen MR) is 195 cm³/mol. The second-order valence-electron chi connectivity index (χ2n) is 14.8. The molecule has 0 saturated carbocycles. The van der Waals surface area contributed by atoms with E-state index >= 15 is 0 Å². The maximum atomic E-state index is 14.0. The molecule has 2 aliphatic heterocycles. The topological polar surface area (TPSA) is 63.2 Å². The Hall–Kier alpha value is -3.59. The minimum absolute atomic E-state index is 0.186. The van der Waals surface area contributed by atoms with Gasteiger partial charge in [0.05, 0.1) is 43.5 Å². The summed E-state index contributed by atoms with van der Waals surface area (Å²) < 4.78 is 33.1. The van der Waals surface area contributed by atoms with Gasteiger partial charge in [-0.25, -0.2) is 0 Å². The van der Waals surface area contributed by atoms with Crippen molar-refractivity contribution >= 4 is 24.7 Å². The summed E-state index contributed by atoms with van der Waals surface area (Å²) in [5, 5.41) is 2.21. The third-order valence-corrected chi connectivity index (χ3v) is 15.2. The van der Waals surface area contributed by atoms with Gasteiger partial charge in [0.2, 0.25) is 0 Å². The molecule has 258 valence electrons. The van der Waals surface area contributed by atoms with Gasteiger partial charge in [-0.15, -0.1) is 0 Å². The highest BCUT2D eigenvalue weighted by Gasteiger charge is 2.58. The van der Waals surface area contributed by atoms with Gasteiger partial charge >= 0.3 is 5.97 Å². The average Bonchev–Trinajstić information content (AvgIpc) is 3.41. The van der Waals surface area contributed by atoms with E-state index in [0.717, 1.165) is 11.1 Å². The van der Waals surface area contributed by atoms with Gasteiger partial charge in [-0.05, 0) is 40.4 Å².